The topological polar surface area (TPSA) is 125 Å². The molecule has 0 saturated carbocycles. The molecule has 0 aliphatic heterocycles. The summed E-state index contributed by atoms with van der Waals surface area (Å²) in [6, 6.07) is 6.83. The van der Waals surface area contributed by atoms with Gasteiger partial charge in [0, 0.05) is 29.2 Å². The molecular formula is C17H18Br2N4O5S. The zero-order chi connectivity index (χ0) is 21.8. The van der Waals surface area contributed by atoms with Crippen LogP contribution in [0.4, 0.5) is 11.4 Å². The number of aromatic hydroxyl groups is 1. The van der Waals surface area contributed by atoms with Crippen molar-refractivity contribution in [2.24, 2.45) is 5.10 Å². The summed E-state index contributed by atoms with van der Waals surface area (Å²) in [5.74, 6) is -0.0473. The summed E-state index contributed by atoms with van der Waals surface area (Å²) in [5.41, 5.74) is 2.46. The first-order valence-electron chi connectivity index (χ1n) is 8.37. The number of rotatable bonds is 8. The molecule has 0 bridgehead atoms. The van der Waals surface area contributed by atoms with E-state index in [1.165, 1.54) is 22.7 Å². The highest BCUT2D eigenvalue weighted by Crippen LogP contribution is 2.31. The number of hydrazone groups is 1. The Morgan fingerprint density at radius 1 is 1.24 bits per heavy atom. The van der Waals surface area contributed by atoms with Crippen molar-refractivity contribution >= 4 is 59.5 Å². The third-order valence-electron chi connectivity index (χ3n) is 3.96. The van der Waals surface area contributed by atoms with Crippen LogP contribution in [0.3, 0.4) is 0 Å². The Hall–Kier alpha value is -2.02. The molecule has 9 nitrogen and oxygen atoms in total. The lowest BCUT2D eigenvalue weighted by Gasteiger charge is -2.18. The summed E-state index contributed by atoms with van der Waals surface area (Å²) < 4.78 is 27.6. The predicted molar refractivity (Wildman–Crippen MR) is 118 cm³/mol. The van der Waals surface area contributed by atoms with Crippen molar-refractivity contribution in [3.63, 3.8) is 0 Å². The molecule has 0 saturated heterocycles. The molecular weight excluding hydrogens is 532 g/mol. The minimum Gasteiger partial charge on any atom is -0.506 e. The molecule has 2 rings (SSSR count). The lowest BCUT2D eigenvalue weighted by atomic mass is 10.2. The van der Waals surface area contributed by atoms with Crippen molar-refractivity contribution < 1.29 is 18.4 Å². The van der Waals surface area contributed by atoms with E-state index >= 15 is 0 Å². The molecule has 12 heteroatoms. The molecule has 0 aliphatic carbocycles. The zero-order valence-corrected chi connectivity index (χ0v) is 19.5. The molecule has 29 heavy (non-hydrogen) atoms. The van der Waals surface area contributed by atoms with E-state index in [4.69, 9.17) is 0 Å². The van der Waals surface area contributed by atoms with Gasteiger partial charge in [0.15, 0.2) is 0 Å². The Morgan fingerprint density at radius 3 is 2.48 bits per heavy atom. The first kappa shape index (κ1) is 23.3. The average molecular weight is 550 g/mol. The largest absolute Gasteiger partial charge is 0.506 e. The molecule has 0 unspecified atom stereocenters. The second-order valence-electron chi connectivity index (χ2n) is 5.72. The van der Waals surface area contributed by atoms with Crippen LogP contribution in [0, 0.1) is 10.1 Å². The number of benzene rings is 2. The van der Waals surface area contributed by atoms with Crippen molar-refractivity contribution in [2.75, 3.05) is 18.5 Å². The molecule has 2 aromatic carbocycles. The number of halogens is 2. The third kappa shape index (κ3) is 5.32. The van der Waals surface area contributed by atoms with Gasteiger partial charge in [-0.3, -0.25) is 15.5 Å². The molecule has 0 spiro atoms. The van der Waals surface area contributed by atoms with E-state index in [-0.39, 0.29) is 29.4 Å². The number of anilines is 1. The Morgan fingerprint density at radius 2 is 1.90 bits per heavy atom. The quantitative estimate of drug-likeness (QED) is 0.287. The summed E-state index contributed by atoms with van der Waals surface area (Å²) in [6.45, 7) is 3.89. The highest BCUT2D eigenvalue weighted by atomic mass is 79.9. The van der Waals surface area contributed by atoms with Gasteiger partial charge in [-0.25, -0.2) is 8.42 Å². The zero-order valence-electron chi connectivity index (χ0n) is 15.5. The number of phenolic OH excluding ortho intramolecular Hbond substituents is 1. The van der Waals surface area contributed by atoms with Gasteiger partial charge in [0.25, 0.3) is 5.69 Å². The second-order valence-corrected chi connectivity index (χ2v) is 9.43. The molecule has 156 valence electrons. The van der Waals surface area contributed by atoms with Crippen molar-refractivity contribution in [1.29, 1.82) is 0 Å². The van der Waals surface area contributed by atoms with E-state index < -0.39 is 20.6 Å². The maximum Gasteiger partial charge on any atom is 0.295 e. The number of hydrogen-bond donors (Lipinski definition) is 2. The van der Waals surface area contributed by atoms with Crippen molar-refractivity contribution in [3.8, 4) is 5.75 Å². The summed E-state index contributed by atoms with van der Waals surface area (Å²) in [5, 5.41) is 25.4. The van der Waals surface area contributed by atoms with Gasteiger partial charge in [0.1, 0.15) is 11.4 Å². The molecule has 0 aromatic heterocycles. The van der Waals surface area contributed by atoms with Crippen molar-refractivity contribution in [2.45, 2.75) is 18.7 Å². The van der Waals surface area contributed by atoms with E-state index in [0.29, 0.717) is 14.5 Å². The van der Waals surface area contributed by atoms with Crippen LogP contribution in [0.2, 0.25) is 0 Å². The fraction of sp³-hybridized carbons (Fsp3) is 0.235. The minimum atomic E-state index is -3.83. The molecule has 0 aliphatic rings. The van der Waals surface area contributed by atoms with Gasteiger partial charge in [0.2, 0.25) is 10.0 Å². The Balaban J connectivity index is 2.36. The van der Waals surface area contributed by atoms with Crippen LogP contribution < -0.4 is 5.43 Å². The van der Waals surface area contributed by atoms with Gasteiger partial charge in [-0.1, -0.05) is 29.8 Å². The van der Waals surface area contributed by atoms with Gasteiger partial charge in [-0.15, -0.1) is 0 Å². The lowest BCUT2D eigenvalue weighted by Crippen LogP contribution is -2.30. The van der Waals surface area contributed by atoms with Crippen LogP contribution in [-0.2, 0) is 10.0 Å². The SMILES string of the molecule is CCN(CC)S(=O)(=O)c1ccc(N/N=C\c2cc(Br)cc(Br)c2O)c([N+](=O)[O-])c1. The number of nitrogens with zero attached hydrogens (tertiary/aromatic N) is 3. The number of nitro benzene ring substituents is 1. The first-order valence-corrected chi connectivity index (χ1v) is 11.4. The molecule has 0 radical (unpaired) electrons. The van der Waals surface area contributed by atoms with Gasteiger partial charge in [-0.2, -0.15) is 9.41 Å². The van der Waals surface area contributed by atoms with E-state index in [1.54, 1.807) is 26.0 Å². The van der Waals surface area contributed by atoms with E-state index in [0.717, 1.165) is 6.07 Å². The molecule has 0 atom stereocenters. The van der Waals surface area contributed by atoms with Crippen LogP contribution in [0.25, 0.3) is 0 Å². The van der Waals surface area contributed by atoms with E-state index in [1.807, 2.05) is 0 Å². The van der Waals surface area contributed by atoms with Crippen molar-refractivity contribution in [1.82, 2.24) is 4.31 Å². The number of nitro groups is 1. The number of nitrogens with one attached hydrogen (secondary N) is 1. The summed E-state index contributed by atoms with van der Waals surface area (Å²) in [7, 11) is -3.83. The van der Waals surface area contributed by atoms with Crippen LogP contribution >= 0.6 is 31.9 Å². The smallest absolute Gasteiger partial charge is 0.295 e. The second kappa shape index (κ2) is 9.65. The predicted octanol–water partition coefficient (Wildman–Crippen LogP) is 4.30. The summed E-state index contributed by atoms with van der Waals surface area (Å²) in [6.07, 6.45) is 1.29. The maximum absolute atomic E-state index is 12.6. The summed E-state index contributed by atoms with van der Waals surface area (Å²) in [4.78, 5) is 10.6. The summed E-state index contributed by atoms with van der Waals surface area (Å²) >= 11 is 6.49. The molecule has 2 aromatic rings. The average Bonchev–Trinajstić information content (AvgIpc) is 2.66. The number of sulfonamides is 1. The van der Waals surface area contributed by atoms with Crippen LogP contribution in [0.15, 0.2) is 49.3 Å². The minimum absolute atomic E-state index is 0.0123. The fourth-order valence-electron chi connectivity index (χ4n) is 2.49. The normalized spacial score (nSPS) is 11.9. The Labute approximate surface area is 184 Å². The highest BCUT2D eigenvalue weighted by Gasteiger charge is 2.25. The van der Waals surface area contributed by atoms with E-state index in [2.05, 4.69) is 42.4 Å². The van der Waals surface area contributed by atoms with Crippen LogP contribution in [0.5, 0.6) is 5.75 Å². The van der Waals surface area contributed by atoms with Gasteiger partial charge >= 0.3 is 0 Å². The molecule has 0 heterocycles. The number of phenols is 1. The Kier molecular flexibility index (Phi) is 7.74. The molecule has 2 N–H and O–H groups in total. The molecule has 0 fully saturated rings. The lowest BCUT2D eigenvalue weighted by molar-refractivity contribution is -0.384. The highest BCUT2D eigenvalue weighted by molar-refractivity contribution is 9.11. The van der Waals surface area contributed by atoms with E-state index in [9.17, 15) is 23.6 Å². The Bertz CT molecular complexity index is 1060. The van der Waals surface area contributed by atoms with Crippen LogP contribution in [0.1, 0.15) is 19.4 Å². The van der Waals surface area contributed by atoms with Crippen LogP contribution in [-0.4, -0.2) is 42.1 Å². The third-order valence-corrected chi connectivity index (χ3v) is 7.06. The van der Waals surface area contributed by atoms with Crippen molar-refractivity contribution in [3.05, 3.63) is 55.0 Å². The maximum atomic E-state index is 12.6. The number of hydrogen-bond acceptors (Lipinski definition) is 7. The standard InChI is InChI=1S/C17H18Br2N4O5S/c1-3-22(4-2)29(27,28)13-5-6-15(16(9-13)23(25)26)21-20-10-11-7-12(18)8-14(19)17(11)24/h5-10,21,24H,3-4H2,1-2H3/b20-10-. The molecule has 0 amide bonds. The first-order chi connectivity index (χ1) is 13.6. The van der Waals surface area contributed by atoms with Gasteiger partial charge < -0.3 is 5.11 Å². The fourth-order valence-corrected chi connectivity index (χ4v) is 5.22. The van der Waals surface area contributed by atoms with Gasteiger partial charge in [0.05, 0.1) is 20.5 Å². The van der Waals surface area contributed by atoms with Gasteiger partial charge in [-0.05, 0) is 40.2 Å². The monoisotopic (exact) mass is 548 g/mol.